The molecule has 0 bridgehead atoms. The van der Waals surface area contributed by atoms with Crippen LogP contribution in [0, 0.1) is 5.82 Å². The first-order valence-corrected chi connectivity index (χ1v) is 14.9. The molecular formula is C29H39FO8S. The van der Waals surface area contributed by atoms with Gasteiger partial charge < -0.3 is 23.5 Å². The largest absolute Gasteiger partial charge is 0.490 e. The summed E-state index contributed by atoms with van der Waals surface area (Å²) in [6.07, 6.45) is 5.14. The number of halogens is 1. The Labute approximate surface area is 230 Å². The van der Waals surface area contributed by atoms with Crippen molar-refractivity contribution in [3.8, 4) is 17.2 Å². The predicted octanol–water partition coefficient (Wildman–Crippen LogP) is 6.03. The molecular weight excluding hydrogens is 527 g/mol. The molecule has 0 amide bonds. The topological polar surface area (TPSA) is 108 Å². The Hall–Kier alpha value is -3.11. The second-order valence-corrected chi connectivity index (χ2v) is 10.6. The lowest BCUT2D eigenvalue weighted by atomic mass is 10.1. The van der Waals surface area contributed by atoms with Gasteiger partial charge in [0.25, 0.3) is 0 Å². The molecule has 0 heterocycles. The van der Waals surface area contributed by atoms with Gasteiger partial charge in [-0.3, -0.25) is 0 Å². The Morgan fingerprint density at radius 1 is 0.923 bits per heavy atom. The van der Waals surface area contributed by atoms with E-state index >= 15 is 0 Å². The molecule has 0 saturated carbocycles. The van der Waals surface area contributed by atoms with Crippen molar-refractivity contribution in [3.05, 3.63) is 58.9 Å². The fourth-order valence-corrected chi connectivity index (χ4v) is 4.62. The summed E-state index contributed by atoms with van der Waals surface area (Å²) in [6, 6.07) is 9.33. The van der Waals surface area contributed by atoms with Crippen LogP contribution in [0.25, 0.3) is 6.08 Å². The molecule has 8 nitrogen and oxygen atoms in total. The number of aliphatic carboxylic acids is 1. The van der Waals surface area contributed by atoms with E-state index in [2.05, 4.69) is 0 Å². The van der Waals surface area contributed by atoms with Crippen LogP contribution < -0.4 is 13.7 Å². The van der Waals surface area contributed by atoms with Gasteiger partial charge in [0.05, 0.1) is 25.6 Å². The smallest absolute Gasteiger partial charge is 0.331 e. The van der Waals surface area contributed by atoms with Crippen molar-refractivity contribution in [2.24, 2.45) is 0 Å². The Balaban J connectivity index is 2.10. The van der Waals surface area contributed by atoms with Crippen molar-refractivity contribution in [2.75, 3.05) is 32.2 Å². The lowest BCUT2D eigenvalue weighted by Gasteiger charge is -2.14. The molecule has 1 N–H and O–H groups in total. The third-order valence-corrected chi connectivity index (χ3v) is 6.89. The molecule has 2 rings (SSSR count). The molecule has 10 heteroatoms. The summed E-state index contributed by atoms with van der Waals surface area (Å²) in [7, 11) is -3.84. The summed E-state index contributed by atoms with van der Waals surface area (Å²) in [5.41, 5.74) is 1.50. The molecule has 0 unspecified atom stereocenters. The molecule has 0 aliphatic rings. The first kappa shape index (κ1) is 32.1. The Morgan fingerprint density at radius 2 is 1.64 bits per heavy atom. The molecule has 2 aromatic carbocycles. The third-order valence-electron chi connectivity index (χ3n) is 5.67. The maximum Gasteiger partial charge on any atom is 0.331 e. The summed E-state index contributed by atoms with van der Waals surface area (Å²) >= 11 is 0. The lowest BCUT2D eigenvalue weighted by Crippen LogP contribution is -2.14. The highest BCUT2D eigenvalue weighted by Gasteiger charge is 2.16. The number of unbranched alkanes of at least 4 members (excludes halogenated alkanes) is 2. The second-order valence-electron chi connectivity index (χ2n) is 8.89. The second kappa shape index (κ2) is 16.8. The molecule has 0 aliphatic carbocycles. The van der Waals surface area contributed by atoms with E-state index in [1.807, 2.05) is 20.8 Å². The standard InChI is InChI=1S/C29H39FO8S/c1-4-7-15-36-28-21-23(19-24(29(31)32)14-16-35-6-3)10-12-27(28)37-17-13-22-9-11-26(25(30)20-22)38-39(33,34)18-8-5-2/h9-12,19-21H,4-8,13-18H2,1-3H3,(H,31,32)/b24-19-. The van der Waals surface area contributed by atoms with E-state index in [4.69, 9.17) is 18.4 Å². The zero-order valence-corrected chi connectivity index (χ0v) is 23.7. The van der Waals surface area contributed by atoms with Crippen molar-refractivity contribution in [1.29, 1.82) is 0 Å². The van der Waals surface area contributed by atoms with E-state index in [9.17, 15) is 22.7 Å². The van der Waals surface area contributed by atoms with E-state index in [0.29, 0.717) is 61.7 Å². The van der Waals surface area contributed by atoms with Crippen molar-refractivity contribution >= 4 is 22.2 Å². The van der Waals surface area contributed by atoms with Crippen molar-refractivity contribution in [2.45, 2.75) is 59.3 Å². The van der Waals surface area contributed by atoms with Crippen LogP contribution in [0.2, 0.25) is 0 Å². The Bertz CT molecular complexity index is 1190. The normalized spacial score (nSPS) is 11.8. The number of benzene rings is 2. The van der Waals surface area contributed by atoms with Crippen molar-refractivity contribution in [1.82, 2.24) is 0 Å². The number of hydrogen-bond acceptors (Lipinski definition) is 7. The van der Waals surface area contributed by atoms with E-state index in [1.165, 1.54) is 12.1 Å². The average molecular weight is 567 g/mol. The first-order valence-electron chi connectivity index (χ1n) is 13.3. The number of carbonyl (C=O) groups is 1. The van der Waals surface area contributed by atoms with Gasteiger partial charge in [0.2, 0.25) is 0 Å². The van der Waals surface area contributed by atoms with Gasteiger partial charge in [0, 0.05) is 25.0 Å². The minimum atomic E-state index is -3.84. The maximum absolute atomic E-state index is 14.5. The maximum atomic E-state index is 14.5. The number of hydrogen-bond donors (Lipinski definition) is 1. The van der Waals surface area contributed by atoms with E-state index in [1.54, 1.807) is 30.3 Å². The van der Waals surface area contributed by atoms with E-state index < -0.39 is 21.9 Å². The summed E-state index contributed by atoms with van der Waals surface area (Å²) in [5, 5.41) is 9.54. The number of ether oxygens (including phenoxy) is 3. The Morgan fingerprint density at radius 3 is 2.31 bits per heavy atom. The molecule has 216 valence electrons. The van der Waals surface area contributed by atoms with E-state index in [0.717, 1.165) is 12.8 Å². The highest BCUT2D eigenvalue weighted by Crippen LogP contribution is 2.30. The zero-order valence-electron chi connectivity index (χ0n) is 22.9. The number of carboxylic acid groups (broad SMARTS) is 1. The molecule has 39 heavy (non-hydrogen) atoms. The third kappa shape index (κ3) is 11.7. The summed E-state index contributed by atoms with van der Waals surface area (Å²) in [4.78, 5) is 11.6. The molecule has 0 aliphatic heterocycles. The molecule has 0 atom stereocenters. The van der Waals surface area contributed by atoms with Crippen LogP contribution >= 0.6 is 0 Å². The highest BCUT2D eigenvalue weighted by molar-refractivity contribution is 7.87. The van der Waals surface area contributed by atoms with Gasteiger partial charge in [0.15, 0.2) is 23.1 Å². The molecule has 0 aromatic heterocycles. The van der Waals surface area contributed by atoms with Crippen molar-refractivity contribution in [3.63, 3.8) is 0 Å². The number of carboxylic acids is 1. The fourth-order valence-electron chi connectivity index (χ4n) is 3.49. The van der Waals surface area contributed by atoms with Crippen LogP contribution in [0.3, 0.4) is 0 Å². The molecule has 2 aromatic rings. The van der Waals surface area contributed by atoms with Gasteiger partial charge in [-0.2, -0.15) is 8.42 Å². The van der Waals surface area contributed by atoms with Crippen LogP contribution in [-0.2, 0) is 26.1 Å². The van der Waals surface area contributed by atoms with Crippen molar-refractivity contribution < 1.29 is 41.1 Å². The lowest BCUT2D eigenvalue weighted by molar-refractivity contribution is -0.132. The average Bonchev–Trinajstić information content (AvgIpc) is 2.89. The minimum absolute atomic E-state index is 0.166. The minimum Gasteiger partial charge on any atom is -0.490 e. The van der Waals surface area contributed by atoms with Crippen LogP contribution in [-0.4, -0.2) is 51.7 Å². The monoisotopic (exact) mass is 566 g/mol. The highest BCUT2D eigenvalue weighted by atomic mass is 32.2. The molecule has 0 saturated heterocycles. The molecule has 0 spiro atoms. The van der Waals surface area contributed by atoms with Gasteiger partial charge in [-0.15, -0.1) is 0 Å². The Kier molecular flexibility index (Phi) is 13.8. The first-order chi connectivity index (χ1) is 18.7. The van der Waals surface area contributed by atoms with Crippen LogP contribution in [0.4, 0.5) is 4.39 Å². The SMILES string of the molecule is CCCCOc1cc(/C=C(/CCOCC)C(=O)O)ccc1OCCc1ccc(OS(=O)(=O)CCCC)c(F)c1. The van der Waals surface area contributed by atoms with Gasteiger partial charge in [-0.1, -0.05) is 38.8 Å². The summed E-state index contributed by atoms with van der Waals surface area (Å²) < 4.78 is 60.4. The summed E-state index contributed by atoms with van der Waals surface area (Å²) in [6.45, 7) is 7.28. The van der Waals surface area contributed by atoms with Gasteiger partial charge in [-0.05, 0) is 61.2 Å². The van der Waals surface area contributed by atoms with Gasteiger partial charge >= 0.3 is 16.1 Å². The fraction of sp³-hybridized carbons (Fsp3) is 0.483. The van der Waals surface area contributed by atoms with Crippen LogP contribution in [0.5, 0.6) is 17.2 Å². The molecule has 0 radical (unpaired) electrons. The predicted molar refractivity (Wildman–Crippen MR) is 148 cm³/mol. The zero-order chi connectivity index (χ0) is 28.7. The quantitative estimate of drug-likeness (QED) is 0.125. The van der Waals surface area contributed by atoms with Crippen LogP contribution in [0.15, 0.2) is 42.0 Å². The van der Waals surface area contributed by atoms with Gasteiger partial charge in [-0.25, -0.2) is 9.18 Å². The summed E-state index contributed by atoms with van der Waals surface area (Å²) in [5.74, 6) is -1.29. The number of rotatable bonds is 19. The van der Waals surface area contributed by atoms with Crippen LogP contribution in [0.1, 0.15) is 64.0 Å². The van der Waals surface area contributed by atoms with Gasteiger partial charge in [0.1, 0.15) is 0 Å². The van der Waals surface area contributed by atoms with E-state index in [-0.39, 0.29) is 30.1 Å². The molecule has 0 fully saturated rings.